The maximum Gasteiger partial charge on any atom is 0.238 e. The summed E-state index contributed by atoms with van der Waals surface area (Å²) in [5.41, 5.74) is 1.35. The third-order valence-corrected chi connectivity index (χ3v) is 5.79. The normalized spacial score (nSPS) is 18.2. The number of rotatable bonds is 5. The minimum Gasteiger partial charge on any atom is -0.494 e. The highest BCUT2D eigenvalue weighted by molar-refractivity contribution is 9.10. The zero-order chi connectivity index (χ0) is 20.1. The van der Waals surface area contributed by atoms with Gasteiger partial charge in [-0.15, -0.1) is 0 Å². The molecule has 0 saturated carbocycles. The molecule has 0 unspecified atom stereocenters. The number of anilines is 1. The van der Waals surface area contributed by atoms with E-state index in [2.05, 4.69) is 26.2 Å². The van der Waals surface area contributed by atoms with Gasteiger partial charge in [-0.3, -0.25) is 14.5 Å². The van der Waals surface area contributed by atoms with Crippen LogP contribution in [0.1, 0.15) is 13.3 Å². The molecule has 0 aliphatic carbocycles. The van der Waals surface area contributed by atoms with Crippen molar-refractivity contribution in [1.82, 2.24) is 4.90 Å². The molecule has 0 spiro atoms. The molecule has 8 heteroatoms. The highest BCUT2D eigenvalue weighted by atomic mass is 79.9. The van der Waals surface area contributed by atoms with Crippen LogP contribution in [0.5, 0.6) is 5.75 Å². The number of nitrogens with zero attached hydrogens (tertiary/aromatic N) is 2. The van der Waals surface area contributed by atoms with Gasteiger partial charge in [0.1, 0.15) is 11.0 Å². The van der Waals surface area contributed by atoms with Crippen LogP contribution >= 0.6 is 27.7 Å². The molecule has 0 bridgehead atoms. The minimum absolute atomic E-state index is 0.123. The number of ether oxygens (including phenoxy) is 1. The quantitative estimate of drug-likeness (QED) is 0.714. The Morgan fingerprint density at radius 1 is 1.32 bits per heavy atom. The number of amides is 2. The van der Waals surface area contributed by atoms with E-state index in [1.165, 1.54) is 16.7 Å². The van der Waals surface area contributed by atoms with Crippen molar-refractivity contribution < 1.29 is 14.3 Å². The lowest BCUT2D eigenvalue weighted by Gasteiger charge is -2.28. The van der Waals surface area contributed by atoms with Crippen LogP contribution in [0.3, 0.4) is 0 Å². The molecule has 2 amide bonds. The average Bonchev–Trinajstić information content (AvgIpc) is 2.67. The Labute approximate surface area is 176 Å². The predicted molar refractivity (Wildman–Crippen MR) is 116 cm³/mol. The fourth-order valence-electron chi connectivity index (χ4n) is 2.58. The van der Waals surface area contributed by atoms with Crippen molar-refractivity contribution in [2.45, 2.75) is 18.6 Å². The summed E-state index contributed by atoms with van der Waals surface area (Å²) in [6.45, 7) is 2.45. The molecule has 1 N–H and O–H groups in total. The maximum absolute atomic E-state index is 12.7. The Morgan fingerprint density at radius 3 is 2.79 bits per heavy atom. The van der Waals surface area contributed by atoms with Crippen LogP contribution in [0.25, 0.3) is 0 Å². The highest BCUT2D eigenvalue weighted by Gasteiger charge is 2.34. The Bertz CT molecular complexity index is 902. The first kappa shape index (κ1) is 20.4. The second kappa shape index (κ2) is 9.25. The van der Waals surface area contributed by atoms with Gasteiger partial charge in [0.05, 0.1) is 12.3 Å². The van der Waals surface area contributed by atoms with E-state index < -0.39 is 5.25 Å². The number of carbonyl (C=O) groups is 2. The molecule has 1 saturated heterocycles. The van der Waals surface area contributed by atoms with Crippen LogP contribution in [0, 0.1) is 0 Å². The zero-order valence-corrected chi connectivity index (χ0v) is 17.9. The number of hydrogen-bond acceptors (Lipinski definition) is 5. The van der Waals surface area contributed by atoms with Gasteiger partial charge >= 0.3 is 0 Å². The summed E-state index contributed by atoms with van der Waals surface area (Å²) in [4.78, 5) is 31.1. The first-order chi connectivity index (χ1) is 13.5. The van der Waals surface area contributed by atoms with Crippen LogP contribution in [0.2, 0.25) is 0 Å². The first-order valence-corrected chi connectivity index (χ1v) is 10.4. The predicted octanol–water partition coefficient (Wildman–Crippen LogP) is 4.44. The Morgan fingerprint density at radius 2 is 2.07 bits per heavy atom. The topological polar surface area (TPSA) is 71.0 Å². The monoisotopic (exact) mass is 461 g/mol. The molecular weight excluding hydrogens is 442 g/mol. The van der Waals surface area contributed by atoms with Gasteiger partial charge in [-0.25, -0.2) is 4.99 Å². The van der Waals surface area contributed by atoms with E-state index in [1.807, 2.05) is 43.3 Å². The maximum atomic E-state index is 12.7. The number of aliphatic imine (C=N–C) groups is 1. The van der Waals surface area contributed by atoms with Crippen molar-refractivity contribution in [1.29, 1.82) is 0 Å². The van der Waals surface area contributed by atoms with Gasteiger partial charge in [0, 0.05) is 29.7 Å². The second-order valence-corrected chi connectivity index (χ2v) is 8.17. The summed E-state index contributed by atoms with van der Waals surface area (Å²) < 4.78 is 6.40. The van der Waals surface area contributed by atoms with E-state index in [1.54, 1.807) is 19.2 Å². The van der Waals surface area contributed by atoms with Crippen LogP contribution < -0.4 is 10.1 Å². The third-order valence-electron chi connectivity index (χ3n) is 4.03. The average molecular weight is 462 g/mol. The summed E-state index contributed by atoms with van der Waals surface area (Å²) in [6.07, 6.45) is 0.123. The largest absolute Gasteiger partial charge is 0.494 e. The summed E-state index contributed by atoms with van der Waals surface area (Å²) in [5, 5.41) is 2.82. The number of nitrogens with one attached hydrogen (secondary N) is 1. The van der Waals surface area contributed by atoms with E-state index in [9.17, 15) is 9.59 Å². The lowest BCUT2D eigenvalue weighted by atomic mass is 10.2. The Hall–Kier alpha value is -2.32. The van der Waals surface area contributed by atoms with Gasteiger partial charge in [0.2, 0.25) is 11.8 Å². The molecular formula is C20H20BrN3O3S. The number of halogens is 1. The number of carbonyl (C=O) groups excluding carboxylic acids is 2. The molecule has 2 aromatic carbocycles. The fourth-order valence-corrected chi connectivity index (χ4v) is 3.91. The van der Waals surface area contributed by atoms with E-state index in [0.717, 1.165) is 10.2 Å². The number of thioether (sulfide) groups is 1. The van der Waals surface area contributed by atoms with E-state index >= 15 is 0 Å². The van der Waals surface area contributed by atoms with Crippen molar-refractivity contribution >= 4 is 56.0 Å². The van der Waals surface area contributed by atoms with E-state index in [-0.39, 0.29) is 18.2 Å². The smallest absolute Gasteiger partial charge is 0.238 e. The second-order valence-electron chi connectivity index (χ2n) is 6.08. The molecule has 1 heterocycles. The van der Waals surface area contributed by atoms with Crippen molar-refractivity contribution in [3.8, 4) is 5.75 Å². The van der Waals surface area contributed by atoms with E-state index in [0.29, 0.717) is 23.2 Å². The van der Waals surface area contributed by atoms with Crippen molar-refractivity contribution in [2.75, 3.05) is 19.0 Å². The molecule has 146 valence electrons. The zero-order valence-electron chi connectivity index (χ0n) is 15.5. The van der Waals surface area contributed by atoms with Gasteiger partial charge in [0.25, 0.3) is 0 Å². The lowest BCUT2D eigenvalue weighted by Crippen LogP contribution is -2.43. The molecule has 28 heavy (non-hydrogen) atoms. The number of hydrogen-bond donors (Lipinski definition) is 1. The molecule has 2 aromatic rings. The van der Waals surface area contributed by atoms with Gasteiger partial charge in [-0.1, -0.05) is 33.8 Å². The SMILES string of the molecule is CCOc1cccc(NC(=O)[C@H]2CC(=O)N(C)C(=Nc3ccc(Br)cc3)S2)c1. The van der Waals surface area contributed by atoms with Crippen LogP contribution in [-0.4, -0.2) is 40.8 Å². The molecule has 1 atom stereocenters. The minimum atomic E-state index is -0.548. The number of benzene rings is 2. The van der Waals surface area contributed by atoms with Gasteiger partial charge < -0.3 is 10.1 Å². The third kappa shape index (κ3) is 5.14. The Kier molecular flexibility index (Phi) is 6.74. The molecule has 6 nitrogen and oxygen atoms in total. The highest BCUT2D eigenvalue weighted by Crippen LogP contribution is 2.29. The van der Waals surface area contributed by atoms with Gasteiger partial charge in [-0.2, -0.15) is 0 Å². The van der Waals surface area contributed by atoms with Crippen molar-refractivity contribution in [2.24, 2.45) is 4.99 Å². The molecule has 1 fully saturated rings. The summed E-state index contributed by atoms with van der Waals surface area (Å²) >= 11 is 4.67. The van der Waals surface area contributed by atoms with Crippen LogP contribution in [0.4, 0.5) is 11.4 Å². The molecule has 1 aliphatic rings. The first-order valence-electron chi connectivity index (χ1n) is 8.77. The lowest BCUT2D eigenvalue weighted by molar-refractivity contribution is -0.128. The molecule has 1 aliphatic heterocycles. The summed E-state index contributed by atoms with van der Waals surface area (Å²) in [6, 6.07) is 14.6. The molecule has 0 aromatic heterocycles. The van der Waals surface area contributed by atoms with Gasteiger partial charge in [0.15, 0.2) is 5.17 Å². The van der Waals surface area contributed by atoms with Crippen molar-refractivity contribution in [3.63, 3.8) is 0 Å². The molecule has 0 radical (unpaired) electrons. The van der Waals surface area contributed by atoms with Gasteiger partial charge in [-0.05, 0) is 43.3 Å². The molecule has 3 rings (SSSR count). The van der Waals surface area contributed by atoms with Crippen LogP contribution in [0.15, 0.2) is 58.0 Å². The number of amidine groups is 1. The summed E-state index contributed by atoms with van der Waals surface area (Å²) in [7, 11) is 1.67. The van der Waals surface area contributed by atoms with Crippen molar-refractivity contribution in [3.05, 3.63) is 53.0 Å². The Balaban J connectivity index is 1.74. The fraction of sp³-hybridized carbons (Fsp3) is 0.250. The summed E-state index contributed by atoms with van der Waals surface area (Å²) in [5.74, 6) is 0.311. The van der Waals surface area contributed by atoms with Crippen LogP contribution in [-0.2, 0) is 9.59 Å². The standard InChI is InChI=1S/C20H20BrN3O3S/c1-3-27-16-6-4-5-15(11-16)22-19(26)17-12-18(25)24(2)20(28-17)23-14-9-7-13(21)8-10-14/h4-11,17H,3,12H2,1-2H3,(H,22,26)/t17-/m1/s1. The van der Waals surface area contributed by atoms with E-state index in [4.69, 9.17) is 4.74 Å².